The number of carbonyl (C=O) groups excluding carboxylic acids is 1. The molecular formula is C22H23N5O4S2. The molecule has 0 bridgehead atoms. The molecule has 0 unspecified atom stereocenters. The van der Waals surface area contributed by atoms with Gasteiger partial charge in [0.15, 0.2) is 5.82 Å². The fourth-order valence-electron chi connectivity index (χ4n) is 2.76. The number of sulfonamides is 1. The van der Waals surface area contributed by atoms with E-state index in [0.29, 0.717) is 27.8 Å². The molecular weight excluding hydrogens is 462 g/mol. The van der Waals surface area contributed by atoms with E-state index in [0.717, 1.165) is 5.69 Å². The van der Waals surface area contributed by atoms with E-state index in [1.807, 2.05) is 19.9 Å². The Kier molecular flexibility index (Phi) is 7.73. The fraction of sp³-hybridized carbons (Fsp3) is 0.273. The van der Waals surface area contributed by atoms with E-state index in [2.05, 4.69) is 26.2 Å². The minimum absolute atomic E-state index is 0.0249. The van der Waals surface area contributed by atoms with Gasteiger partial charge in [0.2, 0.25) is 5.91 Å². The second-order valence-corrected chi connectivity index (χ2v) is 10.2. The van der Waals surface area contributed by atoms with Gasteiger partial charge in [-0.25, -0.2) is 13.4 Å². The smallest absolute Gasteiger partial charge is 0.263 e. The Morgan fingerprint density at radius 1 is 1.21 bits per heavy atom. The molecule has 0 saturated heterocycles. The van der Waals surface area contributed by atoms with E-state index >= 15 is 0 Å². The SMILES string of the molecule is Cc1cc(NS(=O)(=O)c2ccc(NC(=O)CCSc3nc(C(C)C)ccc3C#N)cc2)no1. The second kappa shape index (κ2) is 10.5. The molecule has 1 amide bonds. The number of hydrogen-bond donors (Lipinski definition) is 2. The molecule has 2 aromatic heterocycles. The molecule has 2 heterocycles. The molecule has 0 aliphatic rings. The maximum absolute atomic E-state index is 12.4. The van der Waals surface area contributed by atoms with Crippen molar-refractivity contribution in [1.82, 2.24) is 10.1 Å². The number of amides is 1. The van der Waals surface area contributed by atoms with Crippen molar-refractivity contribution >= 4 is 39.2 Å². The first-order valence-corrected chi connectivity index (χ1v) is 12.5. The van der Waals surface area contributed by atoms with Crippen LogP contribution in [0.5, 0.6) is 0 Å². The summed E-state index contributed by atoms with van der Waals surface area (Å²) in [6.07, 6.45) is 0.205. The molecule has 0 radical (unpaired) electrons. The maximum atomic E-state index is 12.4. The van der Waals surface area contributed by atoms with Crippen LogP contribution in [0.3, 0.4) is 0 Å². The van der Waals surface area contributed by atoms with E-state index in [1.54, 1.807) is 13.0 Å². The van der Waals surface area contributed by atoms with Crippen LogP contribution in [0.2, 0.25) is 0 Å². The lowest BCUT2D eigenvalue weighted by Crippen LogP contribution is -2.14. The van der Waals surface area contributed by atoms with Crippen molar-refractivity contribution in [3.05, 3.63) is 59.5 Å². The summed E-state index contributed by atoms with van der Waals surface area (Å²) in [5, 5.41) is 16.2. The van der Waals surface area contributed by atoms with Gasteiger partial charge in [-0.05, 0) is 49.2 Å². The number of anilines is 2. The fourth-order valence-corrected chi connectivity index (χ4v) is 4.67. The Morgan fingerprint density at radius 3 is 2.55 bits per heavy atom. The third kappa shape index (κ3) is 6.57. The number of aryl methyl sites for hydroxylation is 1. The number of hydrogen-bond acceptors (Lipinski definition) is 8. The number of benzene rings is 1. The number of rotatable bonds is 9. The highest BCUT2D eigenvalue weighted by atomic mass is 32.2. The Morgan fingerprint density at radius 2 is 1.94 bits per heavy atom. The van der Waals surface area contributed by atoms with E-state index < -0.39 is 10.0 Å². The van der Waals surface area contributed by atoms with Gasteiger partial charge >= 0.3 is 0 Å². The topological polar surface area (TPSA) is 138 Å². The van der Waals surface area contributed by atoms with Crippen LogP contribution in [-0.2, 0) is 14.8 Å². The lowest BCUT2D eigenvalue weighted by Gasteiger charge is -2.09. The van der Waals surface area contributed by atoms with E-state index in [1.165, 1.54) is 42.1 Å². The number of nitrogens with one attached hydrogen (secondary N) is 2. The van der Waals surface area contributed by atoms with Crippen molar-refractivity contribution < 1.29 is 17.7 Å². The van der Waals surface area contributed by atoms with E-state index in [4.69, 9.17) is 4.52 Å². The number of aromatic nitrogens is 2. The lowest BCUT2D eigenvalue weighted by atomic mass is 10.1. The summed E-state index contributed by atoms with van der Waals surface area (Å²) < 4.78 is 32.0. The summed E-state index contributed by atoms with van der Waals surface area (Å²) in [4.78, 5) is 16.8. The molecule has 11 heteroatoms. The standard InChI is InChI=1S/C22H23N5O4S2/c1-14(2)19-9-4-16(13-23)22(25-19)32-11-10-21(28)24-17-5-7-18(8-6-17)33(29,30)27-20-12-15(3)31-26-20/h4-9,12,14H,10-11H2,1-3H3,(H,24,28)(H,26,27). The molecule has 0 saturated carbocycles. The molecule has 3 rings (SSSR count). The Labute approximate surface area is 196 Å². The van der Waals surface area contributed by atoms with Gasteiger partial charge in [-0.15, -0.1) is 11.8 Å². The summed E-state index contributed by atoms with van der Waals surface area (Å²) in [5.41, 5.74) is 1.85. The first kappa shape index (κ1) is 24.3. The van der Waals surface area contributed by atoms with Crippen LogP contribution in [0.1, 0.15) is 43.2 Å². The molecule has 33 heavy (non-hydrogen) atoms. The summed E-state index contributed by atoms with van der Waals surface area (Å²) in [5.74, 6) is 1.03. The summed E-state index contributed by atoms with van der Waals surface area (Å²) >= 11 is 1.35. The molecule has 0 fully saturated rings. The zero-order valence-corrected chi connectivity index (χ0v) is 20.0. The van der Waals surface area contributed by atoms with E-state index in [9.17, 15) is 18.5 Å². The van der Waals surface area contributed by atoms with Gasteiger partial charge in [0.25, 0.3) is 10.0 Å². The summed E-state index contributed by atoms with van der Waals surface area (Å²) in [6, 6.07) is 13.0. The molecule has 0 atom stereocenters. The van der Waals surface area contributed by atoms with Crippen LogP contribution >= 0.6 is 11.8 Å². The van der Waals surface area contributed by atoms with Gasteiger partial charge < -0.3 is 9.84 Å². The van der Waals surface area contributed by atoms with Crippen molar-refractivity contribution in [3.8, 4) is 6.07 Å². The monoisotopic (exact) mass is 485 g/mol. The highest BCUT2D eigenvalue weighted by Gasteiger charge is 2.16. The number of nitriles is 1. The average Bonchev–Trinajstić information content (AvgIpc) is 3.17. The zero-order chi connectivity index (χ0) is 24.0. The van der Waals surface area contributed by atoms with Gasteiger partial charge in [-0.3, -0.25) is 9.52 Å². The Balaban J connectivity index is 1.55. The third-order valence-electron chi connectivity index (χ3n) is 4.48. The predicted octanol–water partition coefficient (Wildman–Crippen LogP) is 4.29. The van der Waals surface area contributed by atoms with Crippen LogP contribution in [0.4, 0.5) is 11.5 Å². The van der Waals surface area contributed by atoms with Crippen LogP contribution in [0.15, 0.2) is 56.9 Å². The lowest BCUT2D eigenvalue weighted by molar-refractivity contribution is -0.115. The normalized spacial score (nSPS) is 11.2. The van der Waals surface area contributed by atoms with Crippen molar-refractivity contribution in [2.75, 3.05) is 15.8 Å². The quantitative estimate of drug-likeness (QED) is 0.428. The molecule has 2 N–H and O–H groups in total. The Bertz CT molecular complexity index is 1280. The number of carbonyl (C=O) groups is 1. The van der Waals surface area contributed by atoms with Crippen molar-refractivity contribution in [2.24, 2.45) is 0 Å². The highest BCUT2D eigenvalue weighted by molar-refractivity contribution is 7.99. The molecule has 0 spiro atoms. The number of thioether (sulfide) groups is 1. The van der Waals surface area contributed by atoms with Crippen LogP contribution < -0.4 is 10.0 Å². The van der Waals surface area contributed by atoms with Gasteiger partial charge in [0.05, 0.1) is 10.5 Å². The van der Waals surface area contributed by atoms with Crippen LogP contribution in [0, 0.1) is 18.3 Å². The minimum atomic E-state index is -3.83. The average molecular weight is 486 g/mol. The zero-order valence-electron chi connectivity index (χ0n) is 18.3. The van der Waals surface area contributed by atoms with Crippen molar-refractivity contribution in [2.45, 2.75) is 43.0 Å². The van der Waals surface area contributed by atoms with Gasteiger partial charge in [0, 0.05) is 29.6 Å². The minimum Gasteiger partial charge on any atom is -0.360 e. The van der Waals surface area contributed by atoms with Gasteiger partial charge in [0.1, 0.15) is 16.9 Å². The Hall–Kier alpha value is -3.36. The van der Waals surface area contributed by atoms with Crippen LogP contribution in [-0.4, -0.2) is 30.2 Å². The van der Waals surface area contributed by atoms with Crippen molar-refractivity contribution in [1.29, 1.82) is 5.26 Å². The molecule has 9 nitrogen and oxygen atoms in total. The van der Waals surface area contributed by atoms with Gasteiger partial charge in [-0.2, -0.15) is 5.26 Å². The van der Waals surface area contributed by atoms with Crippen LogP contribution in [0.25, 0.3) is 0 Å². The molecule has 172 valence electrons. The number of nitrogens with zero attached hydrogens (tertiary/aromatic N) is 3. The first-order chi connectivity index (χ1) is 15.7. The highest BCUT2D eigenvalue weighted by Crippen LogP contribution is 2.24. The largest absolute Gasteiger partial charge is 0.360 e. The molecule has 0 aliphatic heterocycles. The molecule has 1 aromatic carbocycles. The second-order valence-electron chi connectivity index (χ2n) is 7.45. The third-order valence-corrected chi connectivity index (χ3v) is 6.84. The van der Waals surface area contributed by atoms with Crippen molar-refractivity contribution in [3.63, 3.8) is 0 Å². The summed E-state index contributed by atoms with van der Waals surface area (Å²) in [7, 11) is -3.83. The number of pyridine rings is 1. The maximum Gasteiger partial charge on any atom is 0.263 e. The molecule has 3 aromatic rings. The summed E-state index contributed by atoms with van der Waals surface area (Å²) in [6.45, 7) is 5.71. The predicted molar refractivity (Wildman–Crippen MR) is 126 cm³/mol. The van der Waals surface area contributed by atoms with Gasteiger partial charge in [-0.1, -0.05) is 19.0 Å². The molecule has 0 aliphatic carbocycles. The first-order valence-electron chi connectivity index (χ1n) is 10.1. The van der Waals surface area contributed by atoms with E-state index in [-0.39, 0.29) is 29.0 Å².